The van der Waals surface area contributed by atoms with Crippen molar-refractivity contribution < 1.29 is 0 Å². The Morgan fingerprint density at radius 2 is 2.12 bits per heavy atom. The molecule has 3 nitrogen and oxygen atoms in total. The lowest BCUT2D eigenvalue weighted by molar-refractivity contribution is 0.538. The van der Waals surface area contributed by atoms with E-state index in [-0.39, 0.29) is 24.0 Å². The summed E-state index contributed by atoms with van der Waals surface area (Å²) in [7, 11) is 2.05. The number of hydrogen-bond acceptors (Lipinski definition) is 3. The van der Waals surface area contributed by atoms with Crippen molar-refractivity contribution in [3.8, 4) is 0 Å². The number of nitrogens with one attached hydrogen (secondary N) is 1. The summed E-state index contributed by atoms with van der Waals surface area (Å²) < 4.78 is 0. The van der Waals surface area contributed by atoms with Gasteiger partial charge in [0.15, 0.2) is 5.96 Å². The Hall–Kier alpha value is -1.04. The largest absolute Gasteiger partial charge is 0.352 e. The average molecular weight is 343 g/mol. The molecular weight excluding hydrogens is 325 g/mol. The third-order valence-electron chi connectivity index (χ3n) is 2.70. The second kappa shape index (κ2) is 6.64. The van der Waals surface area contributed by atoms with Crippen LogP contribution in [0.1, 0.15) is 5.56 Å². The Bertz CT molecular complexity index is 400. The molecule has 0 atom stereocenters. The van der Waals surface area contributed by atoms with Crippen LogP contribution >= 0.6 is 24.0 Å². The molecule has 1 aromatic carbocycles. The maximum absolute atomic E-state index is 4.37. The van der Waals surface area contributed by atoms with E-state index in [2.05, 4.69) is 33.9 Å². The van der Waals surface area contributed by atoms with E-state index in [1.165, 1.54) is 5.56 Å². The van der Waals surface area contributed by atoms with Gasteiger partial charge in [-0.15, -0.1) is 24.0 Å². The number of hydrogen-bond donors (Lipinski definition) is 1. The molecule has 4 heteroatoms. The van der Waals surface area contributed by atoms with Crippen LogP contribution in [0.15, 0.2) is 41.9 Å². The van der Waals surface area contributed by atoms with E-state index in [0.29, 0.717) is 0 Å². The highest BCUT2D eigenvalue weighted by Crippen LogP contribution is 2.10. The van der Waals surface area contributed by atoms with Crippen LogP contribution in [0.5, 0.6) is 0 Å². The Kier molecular flexibility index (Phi) is 5.47. The molecule has 0 unspecified atom stereocenters. The fourth-order valence-corrected chi connectivity index (χ4v) is 1.69. The molecule has 0 fully saturated rings. The van der Waals surface area contributed by atoms with Crippen LogP contribution in [-0.2, 0) is 0 Å². The topological polar surface area (TPSA) is 27.6 Å². The number of aliphatic imine (C=N–C) groups is 1. The van der Waals surface area contributed by atoms with Crippen LogP contribution in [0.3, 0.4) is 0 Å². The number of benzene rings is 1. The Morgan fingerprint density at radius 3 is 2.71 bits per heavy atom. The van der Waals surface area contributed by atoms with Gasteiger partial charge in [0.05, 0.1) is 6.54 Å². The zero-order valence-corrected chi connectivity index (χ0v) is 12.3. The molecule has 1 aliphatic heterocycles. The van der Waals surface area contributed by atoms with Gasteiger partial charge >= 0.3 is 0 Å². The van der Waals surface area contributed by atoms with Crippen LogP contribution in [-0.4, -0.2) is 37.5 Å². The maximum atomic E-state index is 4.37. The normalized spacial score (nSPS) is 13.9. The molecule has 0 amide bonds. The number of likely N-dealkylation sites (N-methyl/N-ethyl adjacent to an activating group) is 1. The van der Waals surface area contributed by atoms with Gasteiger partial charge in [-0.05, 0) is 11.1 Å². The van der Waals surface area contributed by atoms with Gasteiger partial charge in [0.25, 0.3) is 0 Å². The van der Waals surface area contributed by atoms with Crippen molar-refractivity contribution in [1.82, 2.24) is 10.2 Å². The summed E-state index contributed by atoms with van der Waals surface area (Å²) in [6, 6.07) is 10.2. The lowest BCUT2D eigenvalue weighted by Gasteiger charge is -2.16. The molecule has 17 heavy (non-hydrogen) atoms. The Balaban J connectivity index is 0.00000144. The van der Waals surface area contributed by atoms with Crippen LogP contribution in [0.25, 0.3) is 5.57 Å². The van der Waals surface area contributed by atoms with Gasteiger partial charge in [0, 0.05) is 20.1 Å². The molecule has 0 bridgehead atoms. The zero-order valence-electron chi connectivity index (χ0n) is 10.0. The van der Waals surface area contributed by atoms with Gasteiger partial charge in [-0.2, -0.15) is 0 Å². The highest BCUT2D eigenvalue weighted by Gasteiger charge is 2.11. The summed E-state index contributed by atoms with van der Waals surface area (Å²) >= 11 is 0. The first kappa shape index (κ1) is 14.0. The van der Waals surface area contributed by atoms with E-state index in [1.54, 1.807) is 0 Å². The fourth-order valence-electron chi connectivity index (χ4n) is 1.69. The summed E-state index contributed by atoms with van der Waals surface area (Å²) in [5.74, 6) is 0.970. The van der Waals surface area contributed by atoms with Crippen molar-refractivity contribution in [2.75, 3.05) is 26.7 Å². The predicted molar refractivity (Wildman–Crippen MR) is 83.8 cm³/mol. The third kappa shape index (κ3) is 3.73. The number of halogens is 1. The van der Waals surface area contributed by atoms with Crippen molar-refractivity contribution >= 4 is 35.5 Å². The van der Waals surface area contributed by atoms with Crippen LogP contribution in [0.2, 0.25) is 0 Å². The third-order valence-corrected chi connectivity index (χ3v) is 2.70. The highest BCUT2D eigenvalue weighted by molar-refractivity contribution is 14.0. The fraction of sp³-hybridized carbons (Fsp3) is 0.308. The minimum Gasteiger partial charge on any atom is -0.352 e. The molecule has 0 saturated carbocycles. The van der Waals surface area contributed by atoms with Gasteiger partial charge in [-0.1, -0.05) is 36.9 Å². The van der Waals surface area contributed by atoms with E-state index < -0.39 is 0 Å². The van der Waals surface area contributed by atoms with Crippen molar-refractivity contribution in [2.45, 2.75) is 0 Å². The van der Waals surface area contributed by atoms with E-state index in [1.807, 2.05) is 25.2 Å². The lowest BCUT2D eigenvalue weighted by Crippen LogP contribution is -2.36. The van der Waals surface area contributed by atoms with Crippen LogP contribution in [0, 0.1) is 0 Å². The number of rotatable bonds is 3. The smallest absolute Gasteiger partial charge is 0.194 e. The van der Waals surface area contributed by atoms with E-state index in [9.17, 15) is 0 Å². The molecular formula is C13H18IN3. The highest BCUT2D eigenvalue weighted by atomic mass is 127. The second-order valence-corrected chi connectivity index (χ2v) is 3.95. The number of nitrogens with zero attached hydrogens (tertiary/aromatic N) is 2. The van der Waals surface area contributed by atoms with Crippen LogP contribution in [0.4, 0.5) is 0 Å². The number of guanidine groups is 1. The van der Waals surface area contributed by atoms with Gasteiger partial charge in [0.2, 0.25) is 0 Å². The standard InChI is InChI=1S/C13H17N3.HI/c1-11(12-6-4-3-5-7-12)10-15-13-14-8-9-16(13)2;/h3-7H,1,8-10H2,2H3,(H,14,15);1H. The van der Waals surface area contributed by atoms with Gasteiger partial charge < -0.3 is 10.2 Å². The maximum Gasteiger partial charge on any atom is 0.194 e. The minimum atomic E-state index is 0. The SMILES string of the molecule is C=C(CNC1=NCCN1C)c1ccccc1.I. The molecule has 0 saturated heterocycles. The molecule has 1 heterocycles. The van der Waals surface area contributed by atoms with E-state index in [0.717, 1.165) is 31.2 Å². The van der Waals surface area contributed by atoms with Crippen LogP contribution < -0.4 is 5.32 Å². The molecule has 92 valence electrons. The van der Waals surface area contributed by atoms with Gasteiger partial charge in [-0.25, -0.2) is 0 Å². The monoisotopic (exact) mass is 343 g/mol. The summed E-state index contributed by atoms with van der Waals surface area (Å²) in [5.41, 5.74) is 2.26. The predicted octanol–water partition coefficient (Wildman–Crippen LogP) is 2.21. The first-order valence-corrected chi connectivity index (χ1v) is 5.50. The van der Waals surface area contributed by atoms with Crippen molar-refractivity contribution in [3.63, 3.8) is 0 Å². The van der Waals surface area contributed by atoms with Crippen molar-refractivity contribution in [1.29, 1.82) is 0 Å². The second-order valence-electron chi connectivity index (χ2n) is 3.95. The summed E-state index contributed by atoms with van der Waals surface area (Å²) in [6.07, 6.45) is 0. The van der Waals surface area contributed by atoms with E-state index >= 15 is 0 Å². The van der Waals surface area contributed by atoms with E-state index in [4.69, 9.17) is 0 Å². The molecule has 0 aliphatic carbocycles. The van der Waals surface area contributed by atoms with Gasteiger partial charge in [0.1, 0.15) is 0 Å². The summed E-state index contributed by atoms with van der Waals surface area (Å²) in [4.78, 5) is 6.50. The average Bonchev–Trinajstić information content (AvgIpc) is 2.73. The molecule has 1 aromatic rings. The summed E-state index contributed by atoms with van der Waals surface area (Å²) in [5, 5.41) is 3.31. The molecule has 1 N–H and O–H groups in total. The Labute approximate surface area is 120 Å². The summed E-state index contributed by atoms with van der Waals surface area (Å²) in [6.45, 7) is 6.70. The molecule has 1 aliphatic rings. The molecule has 0 aromatic heterocycles. The van der Waals surface area contributed by atoms with Gasteiger partial charge in [-0.3, -0.25) is 4.99 Å². The molecule has 0 spiro atoms. The van der Waals surface area contributed by atoms with Crippen molar-refractivity contribution in [2.24, 2.45) is 4.99 Å². The lowest BCUT2D eigenvalue weighted by atomic mass is 10.1. The minimum absolute atomic E-state index is 0. The van der Waals surface area contributed by atoms with Crippen molar-refractivity contribution in [3.05, 3.63) is 42.5 Å². The zero-order chi connectivity index (χ0) is 11.4. The molecule has 2 rings (SSSR count). The molecule has 0 radical (unpaired) electrons. The Morgan fingerprint density at radius 1 is 1.41 bits per heavy atom. The first-order valence-electron chi connectivity index (χ1n) is 5.50. The first-order chi connectivity index (χ1) is 7.77. The quantitative estimate of drug-likeness (QED) is 0.853.